The SMILES string of the molecule is CC(C)C1CN(CC2CCCCC2)CCO1. The van der Waals surface area contributed by atoms with Crippen molar-refractivity contribution in [1.29, 1.82) is 0 Å². The van der Waals surface area contributed by atoms with Crippen molar-refractivity contribution in [1.82, 2.24) is 4.90 Å². The van der Waals surface area contributed by atoms with Crippen molar-refractivity contribution in [2.75, 3.05) is 26.2 Å². The Balaban J connectivity index is 1.75. The molecular weight excluding hydrogens is 198 g/mol. The summed E-state index contributed by atoms with van der Waals surface area (Å²) in [6, 6.07) is 0. The standard InChI is InChI=1S/C14H27NO/c1-12(2)14-11-15(8-9-16-14)10-13-6-4-3-5-7-13/h12-14H,3-11H2,1-2H3. The monoisotopic (exact) mass is 225 g/mol. The van der Waals surface area contributed by atoms with Gasteiger partial charge in [-0.25, -0.2) is 0 Å². The van der Waals surface area contributed by atoms with Crippen LogP contribution in [0.3, 0.4) is 0 Å². The molecule has 94 valence electrons. The van der Waals surface area contributed by atoms with Crippen LogP contribution in [0.2, 0.25) is 0 Å². The van der Waals surface area contributed by atoms with Gasteiger partial charge in [-0.1, -0.05) is 33.1 Å². The van der Waals surface area contributed by atoms with Crippen molar-refractivity contribution < 1.29 is 4.74 Å². The van der Waals surface area contributed by atoms with E-state index in [0.717, 1.165) is 25.6 Å². The van der Waals surface area contributed by atoms with Crippen LogP contribution in [0.5, 0.6) is 0 Å². The predicted octanol–water partition coefficient (Wildman–Crippen LogP) is 2.92. The molecule has 0 aromatic heterocycles. The molecule has 0 N–H and O–H groups in total. The highest BCUT2D eigenvalue weighted by molar-refractivity contribution is 4.77. The van der Waals surface area contributed by atoms with Crippen LogP contribution >= 0.6 is 0 Å². The summed E-state index contributed by atoms with van der Waals surface area (Å²) < 4.78 is 5.82. The van der Waals surface area contributed by atoms with E-state index >= 15 is 0 Å². The smallest absolute Gasteiger partial charge is 0.0725 e. The molecular formula is C14H27NO. The zero-order valence-electron chi connectivity index (χ0n) is 11.0. The summed E-state index contributed by atoms with van der Waals surface area (Å²) in [6.07, 6.45) is 7.78. The number of nitrogens with zero attached hydrogens (tertiary/aromatic N) is 1. The topological polar surface area (TPSA) is 12.5 Å². The average molecular weight is 225 g/mol. The summed E-state index contributed by atoms with van der Waals surface area (Å²) in [4.78, 5) is 2.64. The van der Waals surface area contributed by atoms with Crippen molar-refractivity contribution in [2.24, 2.45) is 11.8 Å². The molecule has 0 aromatic rings. The summed E-state index contributed by atoms with van der Waals surface area (Å²) in [5, 5.41) is 0. The maximum atomic E-state index is 5.82. The van der Waals surface area contributed by atoms with Crippen LogP contribution in [0.4, 0.5) is 0 Å². The van der Waals surface area contributed by atoms with Crippen LogP contribution in [-0.2, 0) is 4.74 Å². The Bertz CT molecular complexity index is 199. The molecule has 1 saturated heterocycles. The minimum atomic E-state index is 0.470. The third kappa shape index (κ3) is 3.46. The van der Waals surface area contributed by atoms with E-state index in [-0.39, 0.29) is 0 Å². The molecule has 2 heteroatoms. The predicted molar refractivity (Wildman–Crippen MR) is 67.6 cm³/mol. The first kappa shape index (κ1) is 12.4. The van der Waals surface area contributed by atoms with Gasteiger partial charge in [-0.2, -0.15) is 0 Å². The van der Waals surface area contributed by atoms with Crippen molar-refractivity contribution in [3.63, 3.8) is 0 Å². The van der Waals surface area contributed by atoms with Crippen molar-refractivity contribution >= 4 is 0 Å². The van der Waals surface area contributed by atoms with Gasteiger partial charge in [-0.3, -0.25) is 4.90 Å². The third-order valence-corrected chi connectivity index (χ3v) is 4.16. The molecule has 1 aliphatic heterocycles. The van der Waals surface area contributed by atoms with Gasteiger partial charge in [0.05, 0.1) is 12.7 Å². The Morgan fingerprint density at radius 1 is 1.19 bits per heavy atom. The number of hydrogen-bond acceptors (Lipinski definition) is 2. The van der Waals surface area contributed by atoms with Crippen molar-refractivity contribution in [3.05, 3.63) is 0 Å². The summed E-state index contributed by atoms with van der Waals surface area (Å²) >= 11 is 0. The summed E-state index contributed by atoms with van der Waals surface area (Å²) in [7, 11) is 0. The minimum Gasteiger partial charge on any atom is -0.375 e. The summed E-state index contributed by atoms with van der Waals surface area (Å²) in [5.74, 6) is 1.63. The molecule has 0 aromatic carbocycles. The zero-order chi connectivity index (χ0) is 11.4. The molecule has 1 heterocycles. The highest BCUT2D eigenvalue weighted by Gasteiger charge is 2.25. The second-order valence-electron chi connectivity index (χ2n) is 5.92. The highest BCUT2D eigenvalue weighted by atomic mass is 16.5. The van der Waals surface area contributed by atoms with Gasteiger partial charge in [0.2, 0.25) is 0 Å². The van der Waals surface area contributed by atoms with Crippen LogP contribution in [0.1, 0.15) is 46.0 Å². The molecule has 16 heavy (non-hydrogen) atoms. The van der Waals surface area contributed by atoms with Crippen molar-refractivity contribution in [3.8, 4) is 0 Å². The van der Waals surface area contributed by atoms with E-state index in [9.17, 15) is 0 Å². The summed E-state index contributed by atoms with van der Waals surface area (Å²) in [5.41, 5.74) is 0. The molecule has 1 aliphatic carbocycles. The first-order valence-corrected chi connectivity index (χ1v) is 7.09. The molecule has 2 rings (SSSR count). The Labute approximate surface area is 100 Å². The molecule has 2 nitrogen and oxygen atoms in total. The maximum absolute atomic E-state index is 5.82. The van der Waals surface area contributed by atoms with Crippen LogP contribution in [0.15, 0.2) is 0 Å². The van der Waals surface area contributed by atoms with Crippen LogP contribution < -0.4 is 0 Å². The lowest BCUT2D eigenvalue weighted by molar-refractivity contribution is -0.0552. The fourth-order valence-electron chi connectivity index (χ4n) is 3.04. The molecule has 0 bridgehead atoms. The number of ether oxygens (including phenoxy) is 1. The lowest BCUT2D eigenvalue weighted by Crippen LogP contribution is -2.46. The zero-order valence-corrected chi connectivity index (χ0v) is 11.0. The quantitative estimate of drug-likeness (QED) is 0.732. The lowest BCUT2D eigenvalue weighted by Gasteiger charge is -2.37. The Hall–Kier alpha value is -0.0800. The largest absolute Gasteiger partial charge is 0.375 e. The highest BCUT2D eigenvalue weighted by Crippen LogP contribution is 2.25. The molecule has 0 amide bonds. The van der Waals surface area contributed by atoms with Crippen molar-refractivity contribution in [2.45, 2.75) is 52.1 Å². The molecule has 1 unspecified atom stereocenters. The van der Waals surface area contributed by atoms with Gasteiger partial charge in [0.15, 0.2) is 0 Å². The minimum absolute atomic E-state index is 0.470. The fourth-order valence-corrected chi connectivity index (χ4v) is 3.04. The molecule has 2 aliphatic rings. The first-order chi connectivity index (χ1) is 7.75. The van der Waals surface area contributed by atoms with E-state index in [4.69, 9.17) is 4.74 Å². The number of hydrogen-bond donors (Lipinski definition) is 0. The number of morpholine rings is 1. The van der Waals surface area contributed by atoms with Gasteiger partial charge >= 0.3 is 0 Å². The van der Waals surface area contributed by atoms with Gasteiger partial charge in [0.25, 0.3) is 0 Å². The Morgan fingerprint density at radius 3 is 2.62 bits per heavy atom. The van der Waals surface area contributed by atoms with E-state index < -0.39 is 0 Å². The molecule has 1 saturated carbocycles. The van der Waals surface area contributed by atoms with Gasteiger partial charge in [-0.05, 0) is 24.7 Å². The van der Waals surface area contributed by atoms with E-state index in [1.54, 1.807) is 0 Å². The number of rotatable bonds is 3. The molecule has 2 fully saturated rings. The third-order valence-electron chi connectivity index (χ3n) is 4.16. The van der Waals surface area contributed by atoms with E-state index in [1.165, 1.54) is 38.6 Å². The maximum Gasteiger partial charge on any atom is 0.0725 e. The molecule has 0 spiro atoms. The summed E-state index contributed by atoms with van der Waals surface area (Å²) in [6.45, 7) is 9.12. The van der Waals surface area contributed by atoms with E-state index in [0.29, 0.717) is 12.0 Å². The van der Waals surface area contributed by atoms with Gasteiger partial charge in [0, 0.05) is 19.6 Å². The normalized spacial score (nSPS) is 29.8. The second-order valence-corrected chi connectivity index (χ2v) is 5.92. The Kier molecular flexibility index (Phi) is 4.66. The first-order valence-electron chi connectivity index (χ1n) is 7.09. The average Bonchev–Trinajstić information content (AvgIpc) is 2.30. The van der Waals surface area contributed by atoms with E-state index in [1.807, 2.05) is 0 Å². The van der Waals surface area contributed by atoms with E-state index in [2.05, 4.69) is 18.7 Å². The lowest BCUT2D eigenvalue weighted by atomic mass is 9.88. The molecule has 0 radical (unpaired) electrons. The van der Waals surface area contributed by atoms with Gasteiger partial charge < -0.3 is 4.74 Å². The Morgan fingerprint density at radius 2 is 1.94 bits per heavy atom. The molecule has 1 atom stereocenters. The van der Waals surface area contributed by atoms with Crippen LogP contribution in [-0.4, -0.2) is 37.2 Å². The fraction of sp³-hybridized carbons (Fsp3) is 1.00. The van der Waals surface area contributed by atoms with Crippen LogP contribution in [0, 0.1) is 11.8 Å². The van der Waals surface area contributed by atoms with Crippen LogP contribution in [0.25, 0.3) is 0 Å². The second kappa shape index (κ2) is 6.02. The van der Waals surface area contributed by atoms with Gasteiger partial charge in [-0.15, -0.1) is 0 Å². The van der Waals surface area contributed by atoms with Gasteiger partial charge in [0.1, 0.15) is 0 Å².